The molecular weight excluding hydrogens is 290 g/mol. The third kappa shape index (κ3) is 3.00. The number of nitrogens with zero attached hydrogens (tertiary/aromatic N) is 2. The van der Waals surface area contributed by atoms with Crippen molar-refractivity contribution >= 4 is 15.9 Å². The first-order chi connectivity index (χ1) is 8.74. The van der Waals surface area contributed by atoms with Gasteiger partial charge in [-0.3, -0.25) is 0 Å². The predicted octanol–water partition coefficient (Wildman–Crippen LogP) is 3.31. The molecule has 0 bridgehead atoms. The second-order valence-electron chi connectivity index (χ2n) is 4.16. The molecule has 1 aromatic heterocycles. The molecule has 96 valence electrons. The van der Waals surface area contributed by atoms with E-state index in [2.05, 4.69) is 64.5 Å². The van der Waals surface area contributed by atoms with Gasteiger partial charge in [-0.05, 0) is 42.8 Å². The molecule has 0 radical (unpaired) electrons. The average molecular weight is 308 g/mol. The highest BCUT2D eigenvalue weighted by molar-refractivity contribution is 9.10. The van der Waals surface area contributed by atoms with Gasteiger partial charge in [0.05, 0.1) is 11.4 Å². The Kier molecular flexibility index (Phi) is 4.55. The molecule has 0 amide bonds. The summed E-state index contributed by atoms with van der Waals surface area (Å²) in [5, 5.41) is 7.88. The lowest BCUT2D eigenvalue weighted by atomic mass is 10.1. The van der Waals surface area contributed by atoms with Crippen molar-refractivity contribution in [1.82, 2.24) is 15.1 Å². The lowest BCUT2D eigenvalue weighted by Crippen LogP contribution is -2.12. The Bertz CT molecular complexity index is 520. The molecule has 0 aliphatic rings. The Morgan fingerprint density at radius 1 is 1.28 bits per heavy atom. The first kappa shape index (κ1) is 13.3. The number of aryl methyl sites for hydroxylation is 1. The molecule has 2 aromatic rings. The van der Waals surface area contributed by atoms with Gasteiger partial charge in [-0.15, -0.1) is 0 Å². The average Bonchev–Trinajstić information content (AvgIpc) is 2.84. The molecule has 0 spiro atoms. The van der Waals surface area contributed by atoms with E-state index < -0.39 is 0 Å². The van der Waals surface area contributed by atoms with Crippen molar-refractivity contribution in [3.8, 4) is 5.69 Å². The molecule has 18 heavy (non-hydrogen) atoms. The van der Waals surface area contributed by atoms with Gasteiger partial charge in [0.1, 0.15) is 0 Å². The minimum absolute atomic E-state index is 0.821. The van der Waals surface area contributed by atoms with Gasteiger partial charge < -0.3 is 5.32 Å². The zero-order valence-electron chi connectivity index (χ0n) is 10.8. The highest BCUT2D eigenvalue weighted by atomic mass is 79.9. The van der Waals surface area contributed by atoms with Gasteiger partial charge in [0, 0.05) is 17.2 Å². The van der Waals surface area contributed by atoms with E-state index >= 15 is 0 Å². The molecule has 0 saturated carbocycles. The van der Waals surface area contributed by atoms with E-state index in [1.807, 2.05) is 10.9 Å². The molecular formula is C14H18BrN3. The fraction of sp³-hybridized carbons (Fsp3) is 0.357. The molecule has 0 fully saturated rings. The van der Waals surface area contributed by atoms with Crippen LogP contribution >= 0.6 is 15.9 Å². The Balaban J connectivity index is 2.28. The van der Waals surface area contributed by atoms with Crippen LogP contribution in [0.15, 0.2) is 34.9 Å². The molecule has 0 atom stereocenters. The van der Waals surface area contributed by atoms with Crippen molar-refractivity contribution in [2.45, 2.75) is 26.8 Å². The third-order valence-electron chi connectivity index (χ3n) is 2.87. The SMILES string of the molecule is CCNCc1ccn(-c2ccc(Br)cc2CC)n1. The van der Waals surface area contributed by atoms with Gasteiger partial charge in [0.2, 0.25) is 0 Å². The molecule has 1 heterocycles. The van der Waals surface area contributed by atoms with Crippen LogP contribution < -0.4 is 5.32 Å². The standard InChI is InChI=1S/C14H18BrN3/c1-3-11-9-12(15)5-6-14(11)18-8-7-13(17-18)10-16-4-2/h5-9,16H,3-4,10H2,1-2H3. The van der Waals surface area contributed by atoms with Crippen molar-refractivity contribution < 1.29 is 0 Å². The second-order valence-corrected chi connectivity index (χ2v) is 5.07. The zero-order chi connectivity index (χ0) is 13.0. The summed E-state index contributed by atoms with van der Waals surface area (Å²) in [5.74, 6) is 0. The van der Waals surface area contributed by atoms with E-state index in [1.54, 1.807) is 0 Å². The van der Waals surface area contributed by atoms with Gasteiger partial charge >= 0.3 is 0 Å². The smallest absolute Gasteiger partial charge is 0.0766 e. The van der Waals surface area contributed by atoms with Crippen molar-refractivity contribution in [3.63, 3.8) is 0 Å². The molecule has 3 nitrogen and oxygen atoms in total. The van der Waals surface area contributed by atoms with Gasteiger partial charge in [-0.2, -0.15) is 5.10 Å². The molecule has 1 aromatic carbocycles. The number of rotatable bonds is 5. The minimum Gasteiger partial charge on any atom is -0.311 e. The summed E-state index contributed by atoms with van der Waals surface area (Å²) in [4.78, 5) is 0. The van der Waals surface area contributed by atoms with E-state index in [9.17, 15) is 0 Å². The Morgan fingerprint density at radius 2 is 2.11 bits per heavy atom. The fourth-order valence-corrected chi connectivity index (χ4v) is 2.31. The number of halogens is 1. The first-order valence-corrected chi connectivity index (χ1v) is 7.08. The van der Waals surface area contributed by atoms with E-state index in [-0.39, 0.29) is 0 Å². The van der Waals surface area contributed by atoms with Crippen LogP contribution in [0, 0.1) is 0 Å². The normalized spacial score (nSPS) is 10.8. The van der Waals surface area contributed by atoms with Crippen LogP contribution in [0.4, 0.5) is 0 Å². The maximum Gasteiger partial charge on any atom is 0.0766 e. The number of hydrogen-bond acceptors (Lipinski definition) is 2. The Morgan fingerprint density at radius 3 is 2.83 bits per heavy atom. The van der Waals surface area contributed by atoms with E-state index in [0.29, 0.717) is 0 Å². The highest BCUT2D eigenvalue weighted by Crippen LogP contribution is 2.20. The maximum absolute atomic E-state index is 4.60. The van der Waals surface area contributed by atoms with E-state index in [4.69, 9.17) is 0 Å². The summed E-state index contributed by atoms with van der Waals surface area (Å²) in [7, 11) is 0. The topological polar surface area (TPSA) is 29.9 Å². The largest absolute Gasteiger partial charge is 0.311 e. The van der Waals surface area contributed by atoms with Crippen LogP contribution in [0.3, 0.4) is 0 Å². The second kappa shape index (κ2) is 6.16. The summed E-state index contributed by atoms with van der Waals surface area (Å²) in [6.45, 7) is 6.04. The molecule has 4 heteroatoms. The summed E-state index contributed by atoms with van der Waals surface area (Å²) in [6, 6.07) is 8.37. The predicted molar refractivity (Wildman–Crippen MR) is 78.0 cm³/mol. The van der Waals surface area contributed by atoms with Crippen LogP contribution in [0.25, 0.3) is 5.69 Å². The van der Waals surface area contributed by atoms with Crippen molar-refractivity contribution in [1.29, 1.82) is 0 Å². The van der Waals surface area contributed by atoms with Crippen LogP contribution in [-0.4, -0.2) is 16.3 Å². The quantitative estimate of drug-likeness (QED) is 0.918. The Hall–Kier alpha value is -1.13. The molecule has 1 N–H and O–H groups in total. The van der Waals surface area contributed by atoms with Gasteiger partial charge in [0.25, 0.3) is 0 Å². The fourth-order valence-electron chi connectivity index (χ4n) is 1.90. The van der Waals surface area contributed by atoms with Gasteiger partial charge in [-0.1, -0.05) is 29.8 Å². The first-order valence-electron chi connectivity index (χ1n) is 6.28. The van der Waals surface area contributed by atoms with Crippen LogP contribution in [0.2, 0.25) is 0 Å². The minimum atomic E-state index is 0.821. The number of aromatic nitrogens is 2. The lowest BCUT2D eigenvalue weighted by Gasteiger charge is -2.08. The van der Waals surface area contributed by atoms with Crippen LogP contribution in [0.1, 0.15) is 25.1 Å². The third-order valence-corrected chi connectivity index (χ3v) is 3.36. The number of nitrogens with one attached hydrogen (secondary N) is 1. The Labute approximate surface area is 116 Å². The lowest BCUT2D eigenvalue weighted by molar-refractivity contribution is 0.695. The molecule has 0 aliphatic carbocycles. The molecule has 0 aliphatic heterocycles. The van der Waals surface area contributed by atoms with Crippen molar-refractivity contribution in [2.75, 3.05) is 6.54 Å². The molecule has 0 unspecified atom stereocenters. The summed E-state index contributed by atoms with van der Waals surface area (Å²) >= 11 is 3.51. The molecule has 0 saturated heterocycles. The van der Waals surface area contributed by atoms with Crippen LogP contribution in [0.5, 0.6) is 0 Å². The van der Waals surface area contributed by atoms with E-state index in [0.717, 1.165) is 35.4 Å². The monoisotopic (exact) mass is 307 g/mol. The van der Waals surface area contributed by atoms with Crippen molar-refractivity contribution in [2.24, 2.45) is 0 Å². The van der Waals surface area contributed by atoms with Gasteiger partial charge in [0.15, 0.2) is 0 Å². The number of benzene rings is 1. The zero-order valence-corrected chi connectivity index (χ0v) is 12.4. The van der Waals surface area contributed by atoms with Crippen LogP contribution in [-0.2, 0) is 13.0 Å². The van der Waals surface area contributed by atoms with Gasteiger partial charge in [-0.25, -0.2) is 4.68 Å². The summed E-state index contributed by atoms with van der Waals surface area (Å²) in [6.07, 6.45) is 3.02. The number of hydrogen-bond donors (Lipinski definition) is 1. The van der Waals surface area contributed by atoms with E-state index in [1.165, 1.54) is 5.56 Å². The highest BCUT2D eigenvalue weighted by Gasteiger charge is 2.06. The maximum atomic E-state index is 4.60. The van der Waals surface area contributed by atoms with Crippen molar-refractivity contribution in [3.05, 3.63) is 46.2 Å². The summed E-state index contributed by atoms with van der Waals surface area (Å²) < 4.78 is 3.07. The summed E-state index contributed by atoms with van der Waals surface area (Å²) in [5.41, 5.74) is 3.52. The molecule has 2 rings (SSSR count).